The van der Waals surface area contributed by atoms with Gasteiger partial charge in [-0.3, -0.25) is 0 Å². The van der Waals surface area contributed by atoms with Crippen LogP contribution in [0, 0.1) is 5.41 Å². The summed E-state index contributed by atoms with van der Waals surface area (Å²) >= 11 is 0. The Bertz CT molecular complexity index is 673. The summed E-state index contributed by atoms with van der Waals surface area (Å²) in [6.07, 6.45) is -23.4. The maximum atomic E-state index is 10.7. The molecule has 0 bridgehead atoms. The number of hydrogen-bond donors (Lipinski definition) is 11. The van der Waals surface area contributed by atoms with Crippen molar-refractivity contribution in [3.8, 4) is 0 Å². The van der Waals surface area contributed by atoms with E-state index < -0.39 is 111 Å². The van der Waals surface area contributed by atoms with Crippen molar-refractivity contribution in [1.82, 2.24) is 0 Å². The van der Waals surface area contributed by atoms with Gasteiger partial charge in [-0.15, -0.1) is 0 Å². The van der Waals surface area contributed by atoms with Gasteiger partial charge in [0.1, 0.15) is 67.1 Å². The van der Waals surface area contributed by atoms with Gasteiger partial charge in [0.25, 0.3) is 0 Å². The molecule has 37 heavy (non-hydrogen) atoms. The third-order valence-corrected chi connectivity index (χ3v) is 6.37. The van der Waals surface area contributed by atoms with E-state index in [9.17, 15) is 56.2 Å². The van der Waals surface area contributed by atoms with Crippen molar-refractivity contribution in [1.29, 1.82) is 0 Å². The molecule has 2 aliphatic heterocycles. The first kappa shape index (κ1) is 32.6. The maximum absolute atomic E-state index is 10.7. The van der Waals surface area contributed by atoms with Gasteiger partial charge in [0.2, 0.25) is 0 Å². The van der Waals surface area contributed by atoms with Gasteiger partial charge in [-0.2, -0.15) is 0 Å². The van der Waals surface area contributed by atoms with Gasteiger partial charge >= 0.3 is 0 Å². The number of hydrogen-bond acceptors (Lipinski definition) is 15. The quantitative estimate of drug-likeness (QED) is 0.115. The molecule has 2 aliphatic rings. The summed E-state index contributed by atoms with van der Waals surface area (Å²) in [7, 11) is 0. The SMILES string of the molecule is CC(C)(C)C[C@H](O)[C@@H](O)[C@H](O[C@H]1O[C@H](CO)[C@@H](O[C@H]2O[C@H](CO)[C@@H](O)[C@H](O)[C@H]2O)[C@H](O)[C@H]1O)[C@H](O)CO. The van der Waals surface area contributed by atoms with E-state index in [1.807, 2.05) is 0 Å². The molecule has 0 amide bonds. The average Bonchev–Trinajstić information content (AvgIpc) is 2.84. The molecule has 2 heterocycles. The Morgan fingerprint density at radius 3 is 1.76 bits per heavy atom. The van der Waals surface area contributed by atoms with Gasteiger partial charge < -0.3 is 75.1 Å². The first-order chi connectivity index (χ1) is 17.2. The van der Waals surface area contributed by atoms with Crippen LogP contribution in [0.2, 0.25) is 0 Å². The minimum absolute atomic E-state index is 0.0805. The van der Waals surface area contributed by atoms with Crippen LogP contribution in [-0.4, -0.2) is 162 Å². The Morgan fingerprint density at radius 2 is 1.24 bits per heavy atom. The zero-order valence-corrected chi connectivity index (χ0v) is 21.0. The molecule has 0 aromatic rings. The van der Waals surface area contributed by atoms with Gasteiger partial charge in [0.05, 0.1) is 25.9 Å². The molecule has 2 rings (SSSR count). The minimum atomic E-state index is -1.93. The van der Waals surface area contributed by atoms with Gasteiger partial charge in [-0.25, -0.2) is 0 Å². The lowest BCUT2D eigenvalue weighted by atomic mass is 9.86. The number of aliphatic hydroxyl groups excluding tert-OH is 11. The molecule has 2 saturated heterocycles. The molecule has 11 N–H and O–H groups in total. The molecule has 0 saturated carbocycles. The molecule has 0 aromatic carbocycles. The summed E-state index contributed by atoms with van der Waals surface area (Å²) in [5.74, 6) is 0. The Kier molecular flexibility index (Phi) is 12.0. The van der Waals surface area contributed by atoms with Gasteiger partial charge in [0.15, 0.2) is 12.6 Å². The maximum Gasteiger partial charge on any atom is 0.187 e. The smallest absolute Gasteiger partial charge is 0.187 e. The van der Waals surface area contributed by atoms with Crippen LogP contribution in [0.15, 0.2) is 0 Å². The summed E-state index contributed by atoms with van der Waals surface area (Å²) in [5, 5.41) is 111. The summed E-state index contributed by atoms with van der Waals surface area (Å²) in [4.78, 5) is 0. The van der Waals surface area contributed by atoms with Crippen molar-refractivity contribution in [2.45, 2.75) is 113 Å². The van der Waals surface area contributed by atoms with Gasteiger partial charge in [0, 0.05) is 0 Å². The Labute approximate surface area is 214 Å². The van der Waals surface area contributed by atoms with Crippen LogP contribution in [0.25, 0.3) is 0 Å². The van der Waals surface area contributed by atoms with E-state index in [1.165, 1.54) is 0 Å². The van der Waals surface area contributed by atoms with Crippen molar-refractivity contribution in [2.24, 2.45) is 5.41 Å². The predicted molar refractivity (Wildman–Crippen MR) is 120 cm³/mol. The van der Waals surface area contributed by atoms with Crippen molar-refractivity contribution in [2.75, 3.05) is 19.8 Å². The van der Waals surface area contributed by atoms with Crippen LogP contribution < -0.4 is 0 Å². The minimum Gasteiger partial charge on any atom is -0.394 e. The first-order valence-corrected chi connectivity index (χ1v) is 12.1. The van der Waals surface area contributed by atoms with E-state index in [4.69, 9.17) is 18.9 Å². The molecule has 15 nitrogen and oxygen atoms in total. The fraction of sp³-hybridized carbons (Fsp3) is 1.00. The average molecular weight is 547 g/mol. The summed E-state index contributed by atoms with van der Waals surface area (Å²) in [5.41, 5.74) is -0.427. The lowest BCUT2D eigenvalue weighted by molar-refractivity contribution is -0.367. The predicted octanol–water partition coefficient (Wildman–Crippen LogP) is -5.49. The van der Waals surface area contributed by atoms with Crippen molar-refractivity contribution >= 4 is 0 Å². The van der Waals surface area contributed by atoms with E-state index in [2.05, 4.69) is 0 Å². The zero-order chi connectivity index (χ0) is 28.2. The van der Waals surface area contributed by atoms with Crippen molar-refractivity contribution in [3.63, 3.8) is 0 Å². The highest BCUT2D eigenvalue weighted by atomic mass is 16.7. The second-order valence-electron chi connectivity index (χ2n) is 10.7. The molecule has 0 spiro atoms. The standard InChI is InChI=1S/C22H42O15/c1-22(2,3)4-8(26)12(28)18(9(27)5-23)36-21-17(33)15(31)19(11(7-25)35-21)37-20-16(32)14(30)13(29)10(6-24)34-20/h8-21,23-33H,4-7H2,1-3H3/t8-,9+,10+,11+,12+,13+,14-,15+,16+,17+,18+,19+,20+,21+/m0/s1. The second kappa shape index (κ2) is 13.6. The summed E-state index contributed by atoms with van der Waals surface area (Å²) in [6, 6.07) is 0. The van der Waals surface area contributed by atoms with Crippen molar-refractivity contribution < 1.29 is 75.1 Å². The lowest BCUT2D eigenvalue weighted by Gasteiger charge is -2.46. The van der Waals surface area contributed by atoms with Crippen LogP contribution in [0.1, 0.15) is 27.2 Å². The normalized spacial score (nSPS) is 40.7. The van der Waals surface area contributed by atoms with Gasteiger partial charge in [-0.05, 0) is 11.8 Å². The van der Waals surface area contributed by atoms with Crippen LogP contribution >= 0.6 is 0 Å². The van der Waals surface area contributed by atoms with Crippen LogP contribution in [0.5, 0.6) is 0 Å². The Morgan fingerprint density at radius 1 is 0.703 bits per heavy atom. The summed E-state index contributed by atoms with van der Waals surface area (Å²) in [6.45, 7) is 2.94. The van der Waals surface area contributed by atoms with Crippen molar-refractivity contribution in [3.05, 3.63) is 0 Å². The molecule has 0 unspecified atom stereocenters. The van der Waals surface area contributed by atoms with E-state index in [0.29, 0.717) is 0 Å². The van der Waals surface area contributed by atoms with E-state index in [0.717, 1.165) is 0 Å². The fourth-order valence-corrected chi connectivity index (χ4v) is 4.29. The lowest BCUT2D eigenvalue weighted by Crippen LogP contribution is -2.65. The van der Waals surface area contributed by atoms with Crippen LogP contribution in [0.4, 0.5) is 0 Å². The Balaban J connectivity index is 2.18. The number of aliphatic hydroxyl groups is 11. The molecule has 14 atom stereocenters. The largest absolute Gasteiger partial charge is 0.394 e. The van der Waals surface area contributed by atoms with Crippen LogP contribution in [-0.2, 0) is 18.9 Å². The first-order valence-electron chi connectivity index (χ1n) is 12.1. The highest BCUT2D eigenvalue weighted by molar-refractivity contribution is 4.95. The Hall–Kier alpha value is -0.600. The van der Waals surface area contributed by atoms with E-state index in [-0.39, 0.29) is 6.42 Å². The topological polar surface area (TPSA) is 259 Å². The summed E-state index contributed by atoms with van der Waals surface area (Å²) < 4.78 is 21.6. The molecular formula is C22H42O15. The molecule has 2 fully saturated rings. The third-order valence-electron chi connectivity index (χ3n) is 6.37. The van der Waals surface area contributed by atoms with E-state index >= 15 is 0 Å². The molecular weight excluding hydrogens is 504 g/mol. The third kappa shape index (κ3) is 7.97. The van der Waals surface area contributed by atoms with Crippen LogP contribution in [0.3, 0.4) is 0 Å². The molecule has 15 heteroatoms. The van der Waals surface area contributed by atoms with E-state index in [1.54, 1.807) is 20.8 Å². The number of ether oxygens (including phenoxy) is 4. The van der Waals surface area contributed by atoms with Gasteiger partial charge in [-0.1, -0.05) is 20.8 Å². The zero-order valence-electron chi connectivity index (χ0n) is 21.0. The number of rotatable bonds is 11. The second-order valence-corrected chi connectivity index (χ2v) is 10.7. The molecule has 0 radical (unpaired) electrons. The molecule has 0 aliphatic carbocycles. The highest BCUT2D eigenvalue weighted by Gasteiger charge is 2.51. The monoisotopic (exact) mass is 546 g/mol. The molecule has 220 valence electrons. The molecule has 0 aromatic heterocycles. The fourth-order valence-electron chi connectivity index (χ4n) is 4.29. The highest BCUT2D eigenvalue weighted by Crippen LogP contribution is 2.31.